The van der Waals surface area contributed by atoms with Crippen molar-refractivity contribution in [2.45, 2.75) is 30.7 Å². The van der Waals surface area contributed by atoms with Gasteiger partial charge in [0, 0.05) is 46.2 Å². The number of ether oxygens (including phenoxy) is 1. The van der Waals surface area contributed by atoms with Crippen molar-refractivity contribution in [2.75, 3.05) is 32.8 Å². The van der Waals surface area contributed by atoms with Crippen molar-refractivity contribution in [3.05, 3.63) is 83.9 Å². The Morgan fingerprint density at radius 1 is 1.05 bits per heavy atom. The van der Waals surface area contributed by atoms with Gasteiger partial charge in [-0.2, -0.15) is 4.31 Å². The summed E-state index contributed by atoms with van der Waals surface area (Å²) in [5, 5.41) is 3.17. The molecule has 0 fully saturated rings. The monoisotopic (exact) mass is 634 g/mol. The Hall–Kier alpha value is -1.36. The van der Waals surface area contributed by atoms with Crippen molar-refractivity contribution < 1.29 is 17.9 Å². The van der Waals surface area contributed by atoms with E-state index in [1.807, 2.05) is 24.4 Å². The van der Waals surface area contributed by atoms with Crippen LogP contribution in [-0.2, 0) is 26.0 Å². The molecule has 4 rings (SSSR count). The molecule has 1 unspecified atom stereocenters. The zero-order valence-corrected chi connectivity index (χ0v) is 25.2. The Bertz CT molecular complexity index is 1410. The number of amides is 1. The third-order valence-electron chi connectivity index (χ3n) is 6.27. The SMILES string of the molecule is CCOCCCN(CC(=O)N1CCc2sccc2C1c1ccc(Cl)cc1Cl)S(=O)(=O)c1cc(Cl)ccc1Cl. The Labute approximate surface area is 247 Å². The maximum Gasteiger partial charge on any atom is 0.245 e. The minimum atomic E-state index is -4.15. The first-order chi connectivity index (χ1) is 18.1. The zero-order chi connectivity index (χ0) is 27.4. The summed E-state index contributed by atoms with van der Waals surface area (Å²) in [4.78, 5) is 16.6. The summed E-state index contributed by atoms with van der Waals surface area (Å²) >= 11 is 26.7. The molecule has 0 saturated heterocycles. The van der Waals surface area contributed by atoms with E-state index in [4.69, 9.17) is 51.1 Å². The number of fused-ring (bicyclic) bond motifs is 1. The summed E-state index contributed by atoms with van der Waals surface area (Å²) in [6.07, 6.45) is 1.07. The predicted molar refractivity (Wildman–Crippen MR) is 154 cm³/mol. The summed E-state index contributed by atoms with van der Waals surface area (Å²) in [6, 6.07) is 10.9. The van der Waals surface area contributed by atoms with Crippen LogP contribution in [0.3, 0.4) is 0 Å². The third-order valence-corrected chi connectivity index (χ3v) is 10.4. The molecule has 0 aliphatic carbocycles. The van der Waals surface area contributed by atoms with Crippen LogP contribution in [0.25, 0.3) is 0 Å². The number of nitrogens with zero attached hydrogens (tertiary/aromatic N) is 2. The molecular formula is C26H26Cl4N2O4S2. The van der Waals surface area contributed by atoms with E-state index in [9.17, 15) is 13.2 Å². The number of sulfonamides is 1. The highest BCUT2D eigenvalue weighted by Gasteiger charge is 2.37. The van der Waals surface area contributed by atoms with E-state index >= 15 is 0 Å². The lowest BCUT2D eigenvalue weighted by Crippen LogP contribution is -2.47. The van der Waals surface area contributed by atoms with Crippen LogP contribution in [-0.4, -0.2) is 56.4 Å². The molecule has 0 N–H and O–H groups in total. The Morgan fingerprint density at radius 3 is 2.53 bits per heavy atom. The molecule has 3 aromatic rings. The number of halogens is 4. The van der Waals surface area contributed by atoms with Crippen LogP contribution in [0.2, 0.25) is 20.1 Å². The maximum atomic E-state index is 13.9. The molecule has 0 spiro atoms. The van der Waals surface area contributed by atoms with Gasteiger partial charge in [-0.3, -0.25) is 4.79 Å². The molecular weight excluding hydrogens is 610 g/mol. The molecule has 0 radical (unpaired) electrons. The van der Waals surface area contributed by atoms with E-state index in [1.54, 1.807) is 28.4 Å². The van der Waals surface area contributed by atoms with E-state index < -0.39 is 16.1 Å². The molecule has 1 atom stereocenters. The summed E-state index contributed by atoms with van der Waals surface area (Å²) in [7, 11) is -4.15. The molecule has 0 bridgehead atoms. The summed E-state index contributed by atoms with van der Waals surface area (Å²) in [6.45, 7) is 2.83. The van der Waals surface area contributed by atoms with E-state index in [0.29, 0.717) is 42.6 Å². The summed E-state index contributed by atoms with van der Waals surface area (Å²) in [5.74, 6) is -0.351. The maximum absolute atomic E-state index is 13.9. The van der Waals surface area contributed by atoms with Crippen LogP contribution in [0, 0.1) is 0 Å². The Morgan fingerprint density at radius 2 is 1.79 bits per heavy atom. The van der Waals surface area contributed by atoms with Gasteiger partial charge in [-0.1, -0.05) is 52.5 Å². The van der Waals surface area contributed by atoms with Crippen molar-refractivity contribution >= 4 is 73.7 Å². The molecule has 1 aliphatic rings. The molecule has 1 aromatic heterocycles. The fourth-order valence-corrected chi connectivity index (χ4v) is 8.05. The number of thiophene rings is 1. The van der Waals surface area contributed by atoms with Crippen molar-refractivity contribution in [3.8, 4) is 0 Å². The molecule has 204 valence electrons. The molecule has 1 aliphatic heterocycles. The third kappa shape index (κ3) is 6.50. The second kappa shape index (κ2) is 12.9. The zero-order valence-electron chi connectivity index (χ0n) is 20.5. The van der Waals surface area contributed by atoms with Gasteiger partial charge in [0.25, 0.3) is 0 Å². The summed E-state index contributed by atoms with van der Waals surface area (Å²) < 4.78 is 34.0. The number of hydrogen-bond donors (Lipinski definition) is 0. The normalized spacial score (nSPS) is 15.6. The quantitative estimate of drug-likeness (QED) is 0.226. The van der Waals surface area contributed by atoms with Crippen LogP contribution in [0.1, 0.15) is 35.4 Å². The van der Waals surface area contributed by atoms with Crippen molar-refractivity contribution in [2.24, 2.45) is 0 Å². The van der Waals surface area contributed by atoms with E-state index in [-0.39, 0.29) is 33.9 Å². The van der Waals surface area contributed by atoms with Gasteiger partial charge < -0.3 is 9.64 Å². The fourth-order valence-electron chi connectivity index (χ4n) is 4.47. The second-order valence-corrected chi connectivity index (χ2v) is 13.3. The first-order valence-corrected chi connectivity index (χ1v) is 15.8. The highest BCUT2D eigenvalue weighted by Crippen LogP contribution is 2.41. The minimum Gasteiger partial charge on any atom is -0.382 e. The lowest BCUT2D eigenvalue weighted by Gasteiger charge is -2.38. The van der Waals surface area contributed by atoms with Gasteiger partial charge >= 0.3 is 0 Å². The molecule has 2 heterocycles. The number of rotatable bonds is 10. The minimum absolute atomic E-state index is 0.0309. The standard InChI is InChI=1S/C26H26Cl4N2O4S2/c1-2-36-12-3-10-31(38(34,35)24-15-18(28)5-7-21(24)29)16-25(33)32-11-8-23-20(9-13-37-23)26(32)19-6-4-17(27)14-22(19)30/h4-7,9,13-15,26H,2-3,8,10-12,16H2,1H3. The van der Waals surface area contributed by atoms with Crippen molar-refractivity contribution in [1.82, 2.24) is 9.21 Å². The lowest BCUT2D eigenvalue weighted by atomic mass is 9.93. The largest absolute Gasteiger partial charge is 0.382 e. The molecule has 1 amide bonds. The van der Waals surface area contributed by atoms with Gasteiger partial charge in [0.2, 0.25) is 15.9 Å². The molecule has 12 heteroatoms. The van der Waals surface area contributed by atoms with Crippen LogP contribution in [0.5, 0.6) is 0 Å². The topological polar surface area (TPSA) is 66.9 Å². The first-order valence-electron chi connectivity index (χ1n) is 12.0. The van der Waals surface area contributed by atoms with Crippen LogP contribution < -0.4 is 0 Å². The van der Waals surface area contributed by atoms with E-state index in [2.05, 4.69) is 0 Å². The Balaban J connectivity index is 1.68. The average molecular weight is 636 g/mol. The highest BCUT2D eigenvalue weighted by molar-refractivity contribution is 7.89. The van der Waals surface area contributed by atoms with Gasteiger partial charge in [0.1, 0.15) is 4.90 Å². The second-order valence-electron chi connectivity index (χ2n) is 8.67. The van der Waals surface area contributed by atoms with E-state index in [0.717, 1.165) is 20.3 Å². The van der Waals surface area contributed by atoms with Crippen molar-refractivity contribution in [1.29, 1.82) is 0 Å². The molecule has 6 nitrogen and oxygen atoms in total. The highest BCUT2D eigenvalue weighted by atomic mass is 35.5. The summed E-state index contributed by atoms with van der Waals surface area (Å²) in [5.41, 5.74) is 1.70. The fraction of sp³-hybridized carbons (Fsp3) is 0.346. The van der Waals surface area contributed by atoms with Crippen LogP contribution in [0.15, 0.2) is 52.7 Å². The van der Waals surface area contributed by atoms with Gasteiger partial charge in [-0.25, -0.2) is 8.42 Å². The van der Waals surface area contributed by atoms with Gasteiger partial charge in [0.05, 0.1) is 17.6 Å². The smallest absolute Gasteiger partial charge is 0.245 e. The first kappa shape index (κ1) is 29.6. The molecule has 0 saturated carbocycles. The average Bonchev–Trinajstić information content (AvgIpc) is 3.36. The molecule has 38 heavy (non-hydrogen) atoms. The van der Waals surface area contributed by atoms with Gasteiger partial charge in [-0.05, 0) is 72.7 Å². The number of hydrogen-bond acceptors (Lipinski definition) is 5. The van der Waals surface area contributed by atoms with Gasteiger partial charge in [-0.15, -0.1) is 11.3 Å². The lowest BCUT2D eigenvalue weighted by molar-refractivity contribution is -0.133. The van der Waals surface area contributed by atoms with Crippen LogP contribution in [0.4, 0.5) is 0 Å². The number of carbonyl (C=O) groups is 1. The predicted octanol–water partition coefficient (Wildman–Crippen LogP) is 6.95. The molecule has 2 aromatic carbocycles. The Kier molecular flexibility index (Phi) is 10.0. The number of benzene rings is 2. The number of carbonyl (C=O) groups excluding carboxylic acids is 1. The van der Waals surface area contributed by atoms with E-state index in [1.165, 1.54) is 18.2 Å². The van der Waals surface area contributed by atoms with Crippen molar-refractivity contribution in [3.63, 3.8) is 0 Å². The van der Waals surface area contributed by atoms with Crippen LogP contribution >= 0.6 is 57.7 Å². The van der Waals surface area contributed by atoms with Gasteiger partial charge in [0.15, 0.2) is 0 Å².